The Labute approximate surface area is 72.7 Å². The highest BCUT2D eigenvalue weighted by Crippen LogP contribution is 2.19. The van der Waals surface area contributed by atoms with Gasteiger partial charge in [0.1, 0.15) is 16.8 Å². The van der Waals surface area contributed by atoms with Crippen molar-refractivity contribution in [1.82, 2.24) is 9.97 Å². The van der Waals surface area contributed by atoms with Crippen molar-refractivity contribution >= 4 is 17.0 Å². The minimum absolute atomic E-state index is 0.00582. The molecule has 2 aromatic heterocycles. The normalized spacial score (nSPS) is 10.5. The van der Waals surface area contributed by atoms with Gasteiger partial charge in [-0.2, -0.15) is 0 Å². The molecule has 0 aliphatic heterocycles. The topological polar surface area (TPSA) is 86.2 Å². The zero-order valence-electron chi connectivity index (χ0n) is 6.48. The van der Waals surface area contributed by atoms with Crippen LogP contribution < -0.4 is 0 Å². The highest BCUT2D eigenvalue weighted by atomic mass is 16.4. The van der Waals surface area contributed by atoms with Crippen LogP contribution in [0.15, 0.2) is 18.5 Å². The summed E-state index contributed by atoms with van der Waals surface area (Å²) in [6, 6.07) is 1.43. The summed E-state index contributed by atoms with van der Waals surface area (Å²) in [5, 5.41) is 17.8. The minimum atomic E-state index is -1.04. The van der Waals surface area contributed by atoms with Crippen LogP contribution in [0, 0.1) is 0 Å². The third kappa shape index (κ3) is 1.10. The molecule has 0 fully saturated rings. The molecule has 0 aliphatic rings. The van der Waals surface area contributed by atoms with E-state index in [9.17, 15) is 4.79 Å². The van der Waals surface area contributed by atoms with Gasteiger partial charge in [-0.25, -0.2) is 9.78 Å². The number of aromatic carboxylic acids is 1. The molecule has 13 heavy (non-hydrogen) atoms. The van der Waals surface area contributed by atoms with Crippen molar-refractivity contribution in [2.24, 2.45) is 0 Å². The van der Waals surface area contributed by atoms with Crippen LogP contribution in [0.5, 0.6) is 5.75 Å². The zero-order chi connectivity index (χ0) is 9.42. The van der Waals surface area contributed by atoms with Crippen LogP contribution in [-0.4, -0.2) is 26.2 Å². The van der Waals surface area contributed by atoms with Gasteiger partial charge in [-0.05, 0) is 0 Å². The highest BCUT2D eigenvalue weighted by Gasteiger charge is 2.11. The number of hydrogen-bond acceptors (Lipinski definition) is 3. The average Bonchev–Trinajstić information content (AvgIpc) is 2.46. The van der Waals surface area contributed by atoms with Gasteiger partial charge >= 0.3 is 5.97 Å². The van der Waals surface area contributed by atoms with Crippen LogP contribution >= 0.6 is 0 Å². The SMILES string of the molecule is O=C(O)c1c[nH]c2cc(O)cnc12. The first-order valence-corrected chi connectivity index (χ1v) is 3.58. The second-order valence-corrected chi connectivity index (χ2v) is 2.60. The van der Waals surface area contributed by atoms with E-state index in [0.29, 0.717) is 11.0 Å². The lowest BCUT2D eigenvalue weighted by molar-refractivity contribution is 0.0699. The molecule has 5 nitrogen and oxygen atoms in total. The molecule has 0 aromatic carbocycles. The number of aromatic hydroxyl groups is 1. The van der Waals surface area contributed by atoms with Crippen LogP contribution in [0.2, 0.25) is 0 Å². The highest BCUT2D eigenvalue weighted by molar-refractivity contribution is 6.01. The molecule has 2 aromatic rings. The fourth-order valence-electron chi connectivity index (χ4n) is 1.16. The molecule has 0 unspecified atom stereocenters. The van der Waals surface area contributed by atoms with Gasteiger partial charge in [0.25, 0.3) is 0 Å². The molecular formula is C8H6N2O3. The summed E-state index contributed by atoms with van der Waals surface area (Å²) >= 11 is 0. The number of pyridine rings is 1. The minimum Gasteiger partial charge on any atom is -0.506 e. The Kier molecular flexibility index (Phi) is 1.45. The number of aromatic nitrogens is 2. The Morgan fingerprint density at radius 1 is 1.54 bits per heavy atom. The zero-order valence-corrected chi connectivity index (χ0v) is 6.48. The second kappa shape index (κ2) is 2.48. The van der Waals surface area contributed by atoms with E-state index in [0.717, 1.165) is 0 Å². The molecule has 0 atom stereocenters. The average molecular weight is 178 g/mol. The summed E-state index contributed by atoms with van der Waals surface area (Å²) in [5.74, 6) is -1.03. The van der Waals surface area contributed by atoms with Crippen LogP contribution in [0.3, 0.4) is 0 Å². The van der Waals surface area contributed by atoms with E-state index in [1.54, 1.807) is 0 Å². The quantitative estimate of drug-likeness (QED) is 0.607. The van der Waals surface area contributed by atoms with Gasteiger partial charge in [-0.1, -0.05) is 0 Å². The molecule has 5 heteroatoms. The second-order valence-electron chi connectivity index (χ2n) is 2.60. The Morgan fingerprint density at radius 2 is 2.31 bits per heavy atom. The van der Waals surface area contributed by atoms with Crippen LogP contribution in [0.25, 0.3) is 11.0 Å². The van der Waals surface area contributed by atoms with Gasteiger partial charge in [-0.3, -0.25) is 0 Å². The Morgan fingerprint density at radius 3 is 3.00 bits per heavy atom. The third-order valence-electron chi connectivity index (χ3n) is 1.73. The molecule has 0 saturated carbocycles. The fraction of sp³-hybridized carbons (Fsp3) is 0. The summed E-state index contributed by atoms with van der Waals surface area (Å²) in [5.41, 5.74) is 0.970. The van der Waals surface area contributed by atoms with Gasteiger partial charge in [0.2, 0.25) is 0 Å². The maximum atomic E-state index is 10.6. The summed E-state index contributed by atoms with van der Waals surface area (Å²) in [6.07, 6.45) is 2.56. The van der Waals surface area contributed by atoms with Crippen LogP contribution in [-0.2, 0) is 0 Å². The molecule has 0 radical (unpaired) electrons. The van der Waals surface area contributed by atoms with Crippen molar-refractivity contribution in [3.05, 3.63) is 24.0 Å². The van der Waals surface area contributed by atoms with Gasteiger partial charge < -0.3 is 15.2 Å². The lowest BCUT2D eigenvalue weighted by Crippen LogP contribution is -1.94. The van der Waals surface area contributed by atoms with Crippen molar-refractivity contribution in [2.45, 2.75) is 0 Å². The molecule has 3 N–H and O–H groups in total. The van der Waals surface area contributed by atoms with Gasteiger partial charge in [0.05, 0.1) is 11.7 Å². The van der Waals surface area contributed by atoms with E-state index in [-0.39, 0.29) is 11.3 Å². The van der Waals surface area contributed by atoms with E-state index in [1.807, 2.05) is 0 Å². The first-order valence-electron chi connectivity index (χ1n) is 3.58. The predicted molar refractivity (Wildman–Crippen MR) is 44.7 cm³/mol. The number of hydrogen-bond donors (Lipinski definition) is 3. The van der Waals surface area contributed by atoms with Crippen LogP contribution in [0.1, 0.15) is 10.4 Å². The summed E-state index contributed by atoms with van der Waals surface area (Å²) in [7, 11) is 0. The number of carboxylic acids is 1. The van der Waals surface area contributed by atoms with Crippen molar-refractivity contribution in [2.75, 3.05) is 0 Å². The number of fused-ring (bicyclic) bond motifs is 1. The first kappa shape index (κ1) is 7.60. The third-order valence-corrected chi connectivity index (χ3v) is 1.73. The van der Waals surface area contributed by atoms with Gasteiger partial charge in [0.15, 0.2) is 0 Å². The van der Waals surface area contributed by atoms with Crippen molar-refractivity contribution in [1.29, 1.82) is 0 Å². The number of nitrogens with one attached hydrogen (secondary N) is 1. The maximum absolute atomic E-state index is 10.6. The number of carboxylic acid groups (broad SMARTS) is 1. The van der Waals surface area contributed by atoms with E-state index < -0.39 is 5.97 Å². The molecule has 0 aliphatic carbocycles. The van der Waals surface area contributed by atoms with E-state index in [1.165, 1.54) is 18.5 Å². The Balaban J connectivity index is 2.76. The number of aromatic amines is 1. The summed E-state index contributed by atoms with van der Waals surface area (Å²) < 4.78 is 0. The number of nitrogens with zero attached hydrogens (tertiary/aromatic N) is 1. The van der Waals surface area contributed by atoms with E-state index >= 15 is 0 Å². The molecular weight excluding hydrogens is 172 g/mol. The van der Waals surface area contributed by atoms with Crippen LogP contribution in [0.4, 0.5) is 0 Å². The summed E-state index contributed by atoms with van der Waals surface area (Å²) in [4.78, 5) is 17.1. The smallest absolute Gasteiger partial charge is 0.339 e. The Hall–Kier alpha value is -2.04. The van der Waals surface area contributed by atoms with E-state index in [4.69, 9.17) is 10.2 Å². The monoisotopic (exact) mass is 178 g/mol. The predicted octanol–water partition coefficient (Wildman–Crippen LogP) is 0.967. The van der Waals surface area contributed by atoms with E-state index in [2.05, 4.69) is 9.97 Å². The molecule has 0 saturated heterocycles. The standard InChI is InChI=1S/C8H6N2O3/c11-4-1-6-7(10-2-4)5(3-9-6)8(12)13/h1-3,9,11H,(H,12,13). The number of carbonyl (C=O) groups is 1. The lowest BCUT2D eigenvalue weighted by atomic mass is 10.3. The van der Waals surface area contributed by atoms with Crippen molar-refractivity contribution in [3.63, 3.8) is 0 Å². The molecule has 0 bridgehead atoms. The maximum Gasteiger partial charge on any atom is 0.339 e. The van der Waals surface area contributed by atoms with Gasteiger partial charge in [-0.15, -0.1) is 0 Å². The molecule has 0 amide bonds. The Bertz CT molecular complexity index is 475. The van der Waals surface area contributed by atoms with Crippen molar-refractivity contribution in [3.8, 4) is 5.75 Å². The molecule has 2 heterocycles. The van der Waals surface area contributed by atoms with Crippen molar-refractivity contribution < 1.29 is 15.0 Å². The fourth-order valence-corrected chi connectivity index (χ4v) is 1.16. The summed E-state index contributed by atoms with van der Waals surface area (Å²) in [6.45, 7) is 0. The molecule has 2 rings (SSSR count). The number of H-pyrrole nitrogens is 1. The first-order chi connectivity index (χ1) is 6.18. The molecule has 0 spiro atoms. The lowest BCUT2D eigenvalue weighted by Gasteiger charge is -1.92. The largest absolute Gasteiger partial charge is 0.506 e. The number of rotatable bonds is 1. The van der Waals surface area contributed by atoms with Gasteiger partial charge in [0, 0.05) is 12.3 Å². The molecule has 66 valence electrons.